The minimum atomic E-state index is -3.04. The first-order chi connectivity index (χ1) is 9.95. The highest BCUT2D eigenvalue weighted by atomic mass is 35.5. The van der Waals surface area contributed by atoms with E-state index in [-0.39, 0.29) is 0 Å². The van der Waals surface area contributed by atoms with Crippen molar-refractivity contribution < 1.29 is 8.42 Å². The summed E-state index contributed by atoms with van der Waals surface area (Å²) in [6.45, 7) is 3.09. The monoisotopic (exact) mass is 330 g/mol. The average molecular weight is 331 g/mol. The summed E-state index contributed by atoms with van der Waals surface area (Å²) in [6, 6.07) is 7.88. The summed E-state index contributed by atoms with van der Waals surface area (Å²) >= 11 is 5.86. The largest absolute Gasteiger partial charge is 0.316 e. The Balaban J connectivity index is 1.70. The molecule has 0 amide bonds. The van der Waals surface area contributed by atoms with E-state index >= 15 is 0 Å². The maximum Gasteiger partial charge on any atom is 0.211 e. The van der Waals surface area contributed by atoms with Crippen LogP contribution in [0.5, 0.6) is 0 Å². The van der Waals surface area contributed by atoms with E-state index in [9.17, 15) is 8.42 Å². The van der Waals surface area contributed by atoms with Gasteiger partial charge in [-0.2, -0.15) is 0 Å². The van der Waals surface area contributed by atoms with E-state index in [4.69, 9.17) is 11.6 Å². The molecule has 1 heterocycles. The lowest BCUT2D eigenvalue weighted by Crippen LogP contribution is -2.42. The minimum Gasteiger partial charge on any atom is -0.316 e. The van der Waals surface area contributed by atoms with E-state index in [1.807, 2.05) is 24.3 Å². The average Bonchev–Trinajstić information content (AvgIpc) is 2.45. The summed E-state index contributed by atoms with van der Waals surface area (Å²) in [5.41, 5.74) is 1.26. The molecule has 0 bridgehead atoms. The van der Waals surface area contributed by atoms with Crippen molar-refractivity contribution in [2.24, 2.45) is 5.92 Å². The number of rotatable bonds is 6. The Morgan fingerprint density at radius 3 is 2.71 bits per heavy atom. The van der Waals surface area contributed by atoms with Gasteiger partial charge in [0.1, 0.15) is 0 Å². The van der Waals surface area contributed by atoms with Crippen LogP contribution in [0, 0.1) is 5.92 Å². The number of piperidine rings is 1. The number of benzene rings is 1. The second kappa shape index (κ2) is 7.58. The summed E-state index contributed by atoms with van der Waals surface area (Å²) < 4.78 is 24.7. The fourth-order valence-corrected chi connectivity index (χ4v) is 3.75. The maximum atomic E-state index is 11.6. The molecule has 0 saturated carbocycles. The molecule has 1 aliphatic heterocycles. The fourth-order valence-electron chi connectivity index (χ4n) is 2.68. The number of nitrogens with one attached hydrogen (secondary N) is 1. The summed E-state index contributed by atoms with van der Waals surface area (Å²) in [5.74, 6) is 0.415. The van der Waals surface area contributed by atoms with Crippen LogP contribution in [-0.4, -0.2) is 45.2 Å². The zero-order valence-corrected chi connectivity index (χ0v) is 14.0. The summed E-state index contributed by atoms with van der Waals surface area (Å²) in [5, 5.41) is 4.19. The molecule has 1 aliphatic rings. The molecular formula is C15H23ClN2O2S. The summed E-state index contributed by atoms with van der Waals surface area (Å²) in [7, 11) is -3.04. The maximum absolute atomic E-state index is 11.6. The Morgan fingerprint density at radius 1 is 1.33 bits per heavy atom. The van der Waals surface area contributed by atoms with Crippen molar-refractivity contribution in [1.82, 2.24) is 9.62 Å². The van der Waals surface area contributed by atoms with Crippen molar-refractivity contribution in [2.75, 3.05) is 32.4 Å². The smallest absolute Gasteiger partial charge is 0.211 e. The third kappa shape index (κ3) is 5.58. The van der Waals surface area contributed by atoms with Crippen LogP contribution in [-0.2, 0) is 16.4 Å². The lowest BCUT2D eigenvalue weighted by molar-refractivity contribution is 0.262. The van der Waals surface area contributed by atoms with Gasteiger partial charge in [-0.05, 0) is 56.0 Å². The Morgan fingerprint density at radius 2 is 2.05 bits per heavy atom. The lowest BCUT2D eigenvalue weighted by atomic mass is 9.99. The van der Waals surface area contributed by atoms with Crippen molar-refractivity contribution in [1.29, 1.82) is 0 Å². The van der Waals surface area contributed by atoms with Gasteiger partial charge in [-0.25, -0.2) is 12.7 Å². The van der Waals surface area contributed by atoms with Crippen molar-refractivity contribution in [3.05, 3.63) is 34.9 Å². The zero-order valence-electron chi connectivity index (χ0n) is 12.4. The van der Waals surface area contributed by atoms with Gasteiger partial charge in [0.05, 0.1) is 6.26 Å². The molecule has 1 aromatic rings. The number of sulfonamides is 1. The molecule has 4 nitrogen and oxygen atoms in total. The van der Waals surface area contributed by atoms with Gasteiger partial charge in [-0.3, -0.25) is 0 Å². The lowest BCUT2D eigenvalue weighted by Gasteiger charge is -2.31. The third-order valence-corrected chi connectivity index (χ3v) is 5.41. The Kier molecular flexibility index (Phi) is 6.05. The third-order valence-electron chi connectivity index (χ3n) is 3.89. The molecule has 1 fully saturated rings. The van der Waals surface area contributed by atoms with E-state index < -0.39 is 10.0 Å². The number of nitrogens with zero attached hydrogens (tertiary/aromatic N) is 1. The van der Waals surface area contributed by atoms with Crippen LogP contribution >= 0.6 is 11.6 Å². The van der Waals surface area contributed by atoms with E-state index in [0.29, 0.717) is 19.0 Å². The minimum absolute atomic E-state index is 0.415. The van der Waals surface area contributed by atoms with Crippen molar-refractivity contribution in [3.63, 3.8) is 0 Å². The van der Waals surface area contributed by atoms with E-state index in [1.54, 1.807) is 4.31 Å². The fraction of sp³-hybridized carbons (Fsp3) is 0.600. The quantitative estimate of drug-likeness (QED) is 0.813. The van der Waals surface area contributed by atoms with Crippen molar-refractivity contribution >= 4 is 21.6 Å². The zero-order chi connectivity index (χ0) is 15.3. The van der Waals surface area contributed by atoms with Crippen LogP contribution in [0.2, 0.25) is 5.02 Å². The van der Waals surface area contributed by atoms with Gasteiger partial charge in [-0.1, -0.05) is 23.7 Å². The molecule has 6 heteroatoms. The molecule has 1 N–H and O–H groups in total. The Hall–Kier alpha value is -0.620. The SMILES string of the molecule is CS(=O)(=O)N1CCCC(CNCCc2ccc(Cl)cc2)C1. The summed E-state index contributed by atoms with van der Waals surface area (Å²) in [4.78, 5) is 0. The molecule has 0 aliphatic carbocycles. The molecule has 0 radical (unpaired) electrons. The molecule has 1 unspecified atom stereocenters. The second-order valence-electron chi connectivity index (χ2n) is 5.71. The summed E-state index contributed by atoms with van der Waals surface area (Å²) in [6.07, 6.45) is 4.31. The first kappa shape index (κ1) is 16.7. The van der Waals surface area contributed by atoms with E-state index in [0.717, 1.165) is 37.4 Å². The molecule has 118 valence electrons. The highest BCUT2D eigenvalue weighted by Gasteiger charge is 2.25. The molecule has 1 aromatic carbocycles. The Bertz CT molecular complexity index is 545. The Labute approximate surface area is 132 Å². The van der Waals surface area contributed by atoms with Gasteiger partial charge >= 0.3 is 0 Å². The molecule has 1 atom stereocenters. The normalized spacial score (nSPS) is 20.6. The predicted molar refractivity (Wildman–Crippen MR) is 87.2 cm³/mol. The molecule has 0 spiro atoms. The van der Waals surface area contributed by atoms with Gasteiger partial charge < -0.3 is 5.32 Å². The highest BCUT2D eigenvalue weighted by molar-refractivity contribution is 7.88. The first-order valence-electron chi connectivity index (χ1n) is 7.35. The van der Waals surface area contributed by atoms with Crippen LogP contribution in [0.15, 0.2) is 24.3 Å². The van der Waals surface area contributed by atoms with Crippen LogP contribution in [0.4, 0.5) is 0 Å². The van der Waals surface area contributed by atoms with Gasteiger partial charge in [0, 0.05) is 18.1 Å². The number of hydrogen-bond donors (Lipinski definition) is 1. The standard InChI is InChI=1S/C15H23ClN2O2S/c1-21(19,20)18-10-2-3-14(12-18)11-17-9-8-13-4-6-15(16)7-5-13/h4-7,14,17H,2-3,8-12H2,1H3. The molecule has 0 aromatic heterocycles. The molecular weight excluding hydrogens is 308 g/mol. The van der Waals surface area contributed by atoms with Crippen molar-refractivity contribution in [3.8, 4) is 0 Å². The van der Waals surface area contributed by atoms with Crippen LogP contribution in [0.1, 0.15) is 18.4 Å². The van der Waals surface area contributed by atoms with E-state index in [1.165, 1.54) is 11.8 Å². The molecule has 1 saturated heterocycles. The molecule has 2 rings (SSSR count). The molecule has 21 heavy (non-hydrogen) atoms. The number of halogens is 1. The second-order valence-corrected chi connectivity index (χ2v) is 8.13. The number of hydrogen-bond acceptors (Lipinski definition) is 3. The topological polar surface area (TPSA) is 49.4 Å². The van der Waals surface area contributed by atoms with Gasteiger partial charge in [0.25, 0.3) is 0 Å². The van der Waals surface area contributed by atoms with Crippen LogP contribution < -0.4 is 5.32 Å². The van der Waals surface area contributed by atoms with E-state index in [2.05, 4.69) is 5.32 Å². The predicted octanol–water partition coefficient (Wildman–Crippen LogP) is 2.14. The van der Waals surface area contributed by atoms with Gasteiger partial charge in [0.15, 0.2) is 0 Å². The van der Waals surface area contributed by atoms with Crippen LogP contribution in [0.25, 0.3) is 0 Å². The van der Waals surface area contributed by atoms with Crippen molar-refractivity contribution in [2.45, 2.75) is 19.3 Å². The van der Waals surface area contributed by atoms with Crippen LogP contribution in [0.3, 0.4) is 0 Å². The van der Waals surface area contributed by atoms with Gasteiger partial charge in [0.2, 0.25) is 10.0 Å². The first-order valence-corrected chi connectivity index (χ1v) is 9.58. The van der Waals surface area contributed by atoms with Gasteiger partial charge in [-0.15, -0.1) is 0 Å². The highest BCUT2D eigenvalue weighted by Crippen LogP contribution is 2.18.